The molecule has 10 heavy (non-hydrogen) atoms. The van der Waals surface area contributed by atoms with Gasteiger partial charge in [0.1, 0.15) is 0 Å². The van der Waals surface area contributed by atoms with Gasteiger partial charge in [-0.1, -0.05) is 0 Å². The van der Waals surface area contributed by atoms with E-state index in [2.05, 4.69) is 4.98 Å². The van der Waals surface area contributed by atoms with Crippen LogP contribution in [0.1, 0.15) is 11.3 Å². The maximum Gasteiger partial charge on any atom is 0.290 e. The molecule has 0 unspecified atom stereocenters. The Balaban J connectivity index is 3.43. The maximum atomic E-state index is 10.7. The molecule has 0 aliphatic carbocycles. The van der Waals surface area contributed by atoms with Gasteiger partial charge in [0.05, 0.1) is 0 Å². The van der Waals surface area contributed by atoms with Gasteiger partial charge in [0, 0.05) is 5.69 Å². The van der Waals surface area contributed by atoms with E-state index >= 15 is 0 Å². The van der Waals surface area contributed by atoms with Crippen LogP contribution in [-0.4, -0.2) is 10.1 Å². The first-order chi connectivity index (χ1) is 4.61. The molecule has 0 atom stereocenters. The largest absolute Gasteiger partial charge is 0.503 e. The fourth-order valence-corrected chi connectivity index (χ4v) is 0.712. The van der Waals surface area contributed by atoms with Crippen LogP contribution in [0.2, 0.25) is 0 Å². The van der Waals surface area contributed by atoms with E-state index in [9.17, 15) is 4.79 Å². The molecule has 1 rings (SSSR count). The Morgan fingerprint density at radius 1 is 1.50 bits per heavy atom. The van der Waals surface area contributed by atoms with Crippen LogP contribution < -0.4 is 5.56 Å². The zero-order valence-electron chi connectivity index (χ0n) is 5.93. The summed E-state index contributed by atoms with van der Waals surface area (Å²) >= 11 is 0. The summed E-state index contributed by atoms with van der Waals surface area (Å²) in [5.74, 6) is -0.219. The number of H-pyrrole nitrogens is 1. The fourth-order valence-electron chi connectivity index (χ4n) is 0.712. The van der Waals surface area contributed by atoms with Crippen LogP contribution in [0.25, 0.3) is 0 Å². The summed E-state index contributed by atoms with van der Waals surface area (Å²) < 4.78 is 0. The molecule has 3 nitrogen and oxygen atoms in total. The van der Waals surface area contributed by atoms with Gasteiger partial charge >= 0.3 is 0 Å². The number of hydrogen-bond acceptors (Lipinski definition) is 2. The number of aryl methyl sites for hydroxylation is 2. The summed E-state index contributed by atoms with van der Waals surface area (Å²) in [6, 6.07) is 1.45. The van der Waals surface area contributed by atoms with Crippen LogP contribution in [0.4, 0.5) is 0 Å². The zero-order chi connectivity index (χ0) is 7.72. The van der Waals surface area contributed by atoms with Crippen molar-refractivity contribution in [1.29, 1.82) is 0 Å². The van der Waals surface area contributed by atoms with Crippen LogP contribution in [0.3, 0.4) is 0 Å². The first-order valence-corrected chi connectivity index (χ1v) is 3.01. The van der Waals surface area contributed by atoms with Gasteiger partial charge in [-0.2, -0.15) is 0 Å². The molecule has 0 aromatic carbocycles. The second-order valence-electron chi connectivity index (χ2n) is 2.29. The second-order valence-corrected chi connectivity index (χ2v) is 2.29. The normalized spacial score (nSPS) is 9.80. The molecule has 0 aliphatic heterocycles. The first-order valence-electron chi connectivity index (χ1n) is 3.01. The summed E-state index contributed by atoms with van der Waals surface area (Å²) in [6.07, 6.45) is 0. The van der Waals surface area contributed by atoms with Gasteiger partial charge in [-0.15, -0.1) is 0 Å². The zero-order valence-corrected chi connectivity index (χ0v) is 5.93. The molecular formula is C7H9NO2. The van der Waals surface area contributed by atoms with Gasteiger partial charge in [-0.05, 0) is 25.5 Å². The molecule has 0 radical (unpaired) electrons. The Hall–Kier alpha value is -1.25. The number of aromatic amines is 1. The molecule has 1 heterocycles. The number of aromatic nitrogens is 1. The third-order valence-corrected chi connectivity index (χ3v) is 1.48. The average Bonchev–Trinajstić information content (AvgIpc) is 1.84. The summed E-state index contributed by atoms with van der Waals surface area (Å²) in [4.78, 5) is 13.2. The topological polar surface area (TPSA) is 53.1 Å². The van der Waals surface area contributed by atoms with E-state index in [1.165, 1.54) is 6.07 Å². The molecule has 54 valence electrons. The predicted molar refractivity (Wildman–Crippen MR) is 38.2 cm³/mol. The minimum absolute atomic E-state index is 0.219. The van der Waals surface area contributed by atoms with E-state index in [-0.39, 0.29) is 5.75 Å². The van der Waals surface area contributed by atoms with E-state index in [1.54, 1.807) is 6.92 Å². The van der Waals surface area contributed by atoms with Crippen molar-refractivity contribution in [3.05, 3.63) is 27.7 Å². The minimum atomic E-state index is -0.428. The van der Waals surface area contributed by atoms with E-state index in [1.807, 2.05) is 6.92 Å². The summed E-state index contributed by atoms with van der Waals surface area (Å²) in [5, 5.41) is 8.88. The molecule has 0 aliphatic rings. The molecule has 0 spiro atoms. The van der Waals surface area contributed by atoms with E-state index < -0.39 is 5.56 Å². The smallest absolute Gasteiger partial charge is 0.290 e. The number of pyridine rings is 1. The Bertz CT molecular complexity index is 301. The highest BCUT2D eigenvalue weighted by Gasteiger charge is 1.98. The lowest BCUT2D eigenvalue weighted by atomic mass is 10.2. The van der Waals surface area contributed by atoms with Crippen molar-refractivity contribution >= 4 is 0 Å². The van der Waals surface area contributed by atoms with Crippen LogP contribution in [-0.2, 0) is 0 Å². The van der Waals surface area contributed by atoms with Crippen molar-refractivity contribution in [3.8, 4) is 5.75 Å². The lowest BCUT2D eigenvalue weighted by Crippen LogP contribution is -2.07. The third kappa shape index (κ3) is 1.03. The third-order valence-electron chi connectivity index (χ3n) is 1.48. The van der Waals surface area contributed by atoms with Crippen LogP contribution in [0.15, 0.2) is 10.9 Å². The van der Waals surface area contributed by atoms with Gasteiger partial charge in [-0.3, -0.25) is 4.79 Å². The lowest BCUT2D eigenvalue weighted by molar-refractivity contribution is 0.465. The minimum Gasteiger partial charge on any atom is -0.503 e. The van der Waals surface area contributed by atoms with Crippen molar-refractivity contribution in [2.75, 3.05) is 0 Å². The van der Waals surface area contributed by atoms with E-state index in [0.717, 1.165) is 11.3 Å². The van der Waals surface area contributed by atoms with Crippen molar-refractivity contribution in [2.24, 2.45) is 0 Å². The number of rotatable bonds is 0. The first kappa shape index (κ1) is 6.86. The second kappa shape index (κ2) is 2.17. The van der Waals surface area contributed by atoms with Crippen molar-refractivity contribution in [3.63, 3.8) is 0 Å². The quantitative estimate of drug-likeness (QED) is 0.555. The van der Waals surface area contributed by atoms with Gasteiger partial charge in [0.15, 0.2) is 5.75 Å². The molecule has 0 saturated carbocycles. The molecule has 2 N–H and O–H groups in total. The number of hydrogen-bond donors (Lipinski definition) is 2. The summed E-state index contributed by atoms with van der Waals surface area (Å²) in [7, 11) is 0. The molecule has 0 saturated heterocycles. The Kier molecular flexibility index (Phi) is 1.49. The monoisotopic (exact) mass is 139 g/mol. The van der Waals surface area contributed by atoms with Crippen LogP contribution in [0.5, 0.6) is 5.75 Å². The molecular weight excluding hydrogens is 130 g/mol. The van der Waals surface area contributed by atoms with Crippen molar-refractivity contribution < 1.29 is 5.11 Å². The standard InChI is InChI=1S/C7H9NO2/c1-4-3-6(9)7(10)8-5(4)2/h3,9H,1-2H3,(H,8,10). The summed E-state index contributed by atoms with van der Waals surface area (Å²) in [6.45, 7) is 3.61. The molecule has 0 bridgehead atoms. The Labute approximate surface area is 58.3 Å². The number of nitrogens with one attached hydrogen (secondary N) is 1. The van der Waals surface area contributed by atoms with Gasteiger partial charge in [0.25, 0.3) is 5.56 Å². The van der Waals surface area contributed by atoms with Crippen molar-refractivity contribution in [1.82, 2.24) is 4.98 Å². The molecule has 3 heteroatoms. The maximum absolute atomic E-state index is 10.7. The molecule has 0 fully saturated rings. The molecule has 0 amide bonds. The van der Waals surface area contributed by atoms with E-state index in [4.69, 9.17) is 5.11 Å². The molecule has 1 aromatic heterocycles. The Morgan fingerprint density at radius 3 is 2.60 bits per heavy atom. The average molecular weight is 139 g/mol. The molecule has 1 aromatic rings. The fraction of sp³-hybridized carbons (Fsp3) is 0.286. The van der Waals surface area contributed by atoms with Gasteiger partial charge in [0.2, 0.25) is 0 Å². The van der Waals surface area contributed by atoms with Crippen molar-refractivity contribution in [2.45, 2.75) is 13.8 Å². The summed E-state index contributed by atoms with van der Waals surface area (Å²) in [5.41, 5.74) is 1.25. The van der Waals surface area contributed by atoms with Gasteiger partial charge < -0.3 is 10.1 Å². The highest BCUT2D eigenvalue weighted by molar-refractivity contribution is 5.26. The van der Waals surface area contributed by atoms with Crippen LogP contribution >= 0.6 is 0 Å². The van der Waals surface area contributed by atoms with E-state index in [0.29, 0.717) is 0 Å². The highest BCUT2D eigenvalue weighted by Crippen LogP contribution is 2.05. The highest BCUT2D eigenvalue weighted by atomic mass is 16.3. The Morgan fingerprint density at radius 2 is 2.10 bits per heavy atom. The predicted octanol–water partition coefficient (Wildman–Crippen LogP) is 0.697. The number of aromatic hydroxyl groups is 1. The van der Waals surface area contributed by atoms with Crippen LogP contribution in [0, 0.1) is 13.8 Å². The van der Waals surface area contributed by atoms with Gasteiger partial charge in [-0.25, -0.2) is 0 Å². The lowest BCUT2D eigenvalue weighted by Gasteiger charge is -1.97. The SMILES string of the molecule is Cc1cc(O)c(=O)[nH]c1C.